The number of halogens is 1. The molecule has 0 atom stereocenters. The maximum Gasteiger partial charge on any atom is 0.339 e. The molecule has 0 bridgehead atoms. The molecule has 0 spiro atoms. The van der Waals surface area contributed by atoms with Crippen LogP contribution in [0.15, 0.2) is 36.5 Å². The Bertz CT molecular complexity index is 680. The Labute approximate surface area is 107 Å². The fourth-order valence-electron chi connectivity index (χ4n) is 1.42. The normalized spacial score (nSPS) is 9.68. The van der Waals surface area contributed by atoms with Crippen molar-refractivity contribution in [2.24, 2.45) is 0 Å². The van der Waals surface area contributed by atoms with E-state index in [0.717, 1.165) is 18.2 Å². The third kappa shape index (κ3) is 2.84. The number of rotatable bonds is 3. The van der Waals surface area contributed by atoms with Crippen LogP contribution in [0, 0.1) is 17.1 Å². The number of hydrogen-bond donors (Lipinski definition) is 1. The standard InChI is InChI=1S/C13H7FN2O3/c14-8-1-2-11(13(17)18)12(5-8)19-10-3-4-16-9(6-10)7-15/h1-6H,(H,17,18). The van der Waals surface area contributed by atoms with Crippen molar-refractivity contribution in [3.63, 3.8) is 0 Å². The van der Waals surface area contributed by atoms with Crippen molar-refractivity contribution in [3.05, 3.63) is 53.6 Å². The molecule has 2 rings (SSSR count). The Morgan fingerprint density at radius 3 is 2.84 bits per heavy atom. The molecular formula is C13H7FN2O3. The zero-order chi connectivity index (χ0) is 13.8. The van der Waals surface area contributed by atoms with Crippen LogP contribution in [0.2, 0.25) is 0 Å². The minimum atomic E-state index is -1.23. The van der Waals surface area contributed by atoms with Gasteiger partial charge in [-0.2, -0.15) is 5.26 Å². The monoisotopic (exact) mass is 258 g/mol. The molecule has 6 heteroatoms. The van der Waals surface area contributed by atoms with Crippen LogP contribution in [0.5, 0.6) is 11.5 Å². The van der Waals surface area contributed by atoms with Gasteiger partial charge in [0.15, 0.2) is 0 Å². The maximum atomic E-state index is 13.1. The first-order valence-corrected chi connectivity index (χ1v) is 5.17. The number of carboxylic acids is 1. The van der Waals surface area contributed by atoms with Gasteiger partial charge in [-0.25, -0.2) is 14.2 Å². The average Bonchev–Trinajstić information content (AvgIpc) is 2.38. The first-order valence-electron chi connectivity index (χ1n) is 5.17. The molecule has 0 saturated carbocycles. The SMILES string of the molecule is N#Cc1cc(Oc2cc(F)ccc2C(=O)O)ccn1. The quantitative estimate of drug-likeness (QED) is 0.914. The molecule has 94 valence electrons. The van der Waals surface area contributed by atoms with Gasteiger partial charge in [-0.3, -0.25) is 0 Å². The highest BCUT2D eigenvalue weighted by atomic mass is 19.1. The highest BCUT2D eigenvalue weighted by Gasteiger charge is 2.13. The number of carboxylic acid groups (broad SMARTS) is 1. The number of pyridine rings is 1. The van der Waals surface area contributed by atoms with Crippen molar-refractivity contribution in [3.8, 4) is 17.6 Å². The summed E-state index contributed by atoms with van der Waals surface area (Å²) >= 11 is 0. The van der Waals surface area contributed by atoms with E-state index in [-0.39, 0.29) is 22.8 Å². The second-order valence-corrected chi connectivity index (χ2v) is 3.54. The van der Waals surface area contributed by atoms with E-state index < -0.39 is 11.8 Å². The maximum absolute atomic E-state index is 13.1. The smallest absolute Gasteiger partial charge is 0.339 e. The molecule has 5 nitrogen and oxygen atoms in total. The Morgan fingerprint density at radius 2 is 2.16 bits per heavy atom. The molecule has 0 fully saturated rings. The summed E-state index contributed by atoms with van der Waals surface area (Å²) in [5.41, 5.74) is -0.0532. The second kappa shape index (κ2) is 5.14. The lowest BCUT2D eigenvalue weighted by atomic mass is 10.2. The molecule has 0 aliphatic rings. The van der Waals surface area contributed by atoms with Gasteiger partial charge in [-0.15, -0.1) is 0 Å². The Kier molecular flexibility index (Phi) is 3.39. The van der Waals surface area contributed by atoms with Gasteiger partial charge in [0.05, 0.1) is 0 Å². The second-order valence-electron chi connectivity index (χ2n) is 3.54. The number of aromatic nitrogens is 1. The number of benzene rings is 1. The van der Waals surface area contributed by atoms with E-state index in [2.05, 4.69) is 4.98 Å². The van der Waals surface area contributed by atoms with Gasteiger partial charge >= 0.3 is 5.97 Å². The van der Waals surface area contributed by atoms with Crippen LogP contribution in [0.25, 0.3) is 0 Å². The molecule has 2 aromatic rings. The summed E-state index contributed by atoms with van der Waals surface area (Å²) in [6.45, 7) is 0. The summed E-state index contributed by atoms with van der Waals surface area (Å²) in [5, 5.41) is 17.7. The summed E-state index contributed by atoms with van der Waals surface area (Å²) in [6.07, 6.45) is 1.34. The Hall–Kier alpha value is -2.94. The van der Waals surface area contributed by atoms with Crippen LogP contribution >= 0.6 is 0 Å². The van der Waals surface area contributed by atoms with Gasteiger partial charge in [-0.1, -0.05) is 0 Å². The lowest BCUT2D eigenvalue weighted by Crippen LogP contribution is -2.00. The molecule has 1 aromatic heterocycles. The van der Waals surface area contributed by atoms with Crippen molar-refractivity contribution in [1.82, 2.24) is 4.98 Å². The topological polar surface area (TPSA) is 83.2 Å². The van der Waals surface area contributed by atoms with Crippen LogP contribution in [0.4, 0.5) is 4.39 Å². The Morgan fingerprint density at radius 1 is 1.37 bits per heavy atom. The minimum absolute atomic E-state index is 0.116. The van der Waals surface area contributed by atoms with Crippen molar-refractivity contribution < 1.29 is 19.0 Å². The summed E-state index contributed by atoms with van der Waals surface area (Å²) in [5.74, 6) is -1.78. The molecule has 1 heterocycles. The van der Waals surface area contributed by atoms with Gasteiger partial charge in [0.2, 0.25) is 0 Å². The van der Waals surface area contributed by atoms with E-state index in [0.29, 0.717) is 0 Å². The van der Waals surface area contributed by atoms with Crippen LogP contribution in [0.1, 0.15) is 16.1 Å². The molecule has 0 saturated heterocycles. The van der Waals surface area contributed by atoms with Crippen molar-refractivity contribution >= 4 is 5.97 Å². The van der Waals surface area contributed by atoms with Crippen molar-refractivity contribution in [1.29, 1.82) is 5.26 Å². The van der Waals surface area contributed by atoms with Crippen molar-refractivity contribution in [2.75, 3.05) is 0 Å². The molecular weight excluding hydrogens is 251 g/mol. The minimum Gasteiger partial charge on any atom is -0.478 e. The van der Waals surface area contributed by atoms with E-state index in [4.69, 9.17) is 15.1 Å². The Balaban J connectivity index is 2.40. The van der Waals surface area contributed by atoms with Crippen LogP contribution < -0.4 is 4.74 Å². The predicted molar refractivity (Wildman–Crippen MR) is 62.4 cm³/mol. The first-order chi connectivity index (χ1) is 9.10. The van der Waals surface area contributed by atoms with Gasteiger partial charge in [-0.05, 0) is 18.2 Å². The van der Waals surface area contributed by atoms with Gasteiger partial charge in [0.1, 0.15) is 34.6 Å². The highest BCUT2D eigenvalue weighted by molar-refractivity contribution is 5.90. The van der Waals surface area contributed by atoms with Gasteiger partial charge < -0.3 is 9.84 Å². The number of ether oxygens (including phenoxy) is 1. The van der Waals surface area contributed by atoms with E-state index in [1.54, 1.807) is 0 Å². The lowest BCUT2D eigenvalue weighted by Gasteiger charge is -2.08. The summed E-state index contributed by atoms with van der Waals surface area (Å²) in [6, 6.07) is 7.70. The molecule has 0 aliphatic carbocycles. The number of nitriles is 1. The number of aromatic carboxylic acids is 1. The molecule has 0 radical (unpaired) electrons. The molecule has 19 heavy (non-hydrogen) atoms. The molecule has 1 aromatic carbocycles. The number of hydrogen-bond acceptors (Lipinski definition) is 4. The van der Waals surface area contributed by atoms with Crippen LogP contribution in [0.3, 0.4) is 0 Å². The largest absolute Gasteiger partial charge is 0.478 e. The first kappa shape index (κ1) is 12.5. The number of carbonyl (C=O) groups is 1. The van der Waals surface area contributed by atoms with Gasteiger partial charge in [0.25, 0.3) is 0 Å². The third-order valence-electron chi connectivity index (χ3n) is 2.25. The lowest BCUT2D eigenvalue weighted by molar-refractivity contribution is 0.0694. The molecule has 0 amide bonds. The summed E-state index contributed by atoms with van der Waals surface area (Å²) in [4.78, 5) is 14.7. The van der Waals surface area contributed by atoms with E-state index in [1.165, 1.54) is 18.3 Å². The van der Waals surface area contributed by atoms with Crippen molar-refractivity contribution in [2.45, 2.75) is 0 Å². The van der Waals surface area contributed by atoms with Crippen LogP contribution in [-0.4, -0.2) is 16.1 Å². The number of nitrogens with zero attached hydrogens (tertiary/aromatic N) is 2. The summed E-state index contributed by atoms with van der Waals surface area (Å²) < 4.78 is 18.4. The highest BCUT2D eigenvalue weighted by Crippen LogP contribution is 2.26. The third-order valence-corrected chi connectivity index (χ3v) is 2.25. The predicted octanol–water partition coefficient (Wildman–Crippen LogP) is 2.58. The molecule has 0 unspecified atom stereocenters. The van der Waals surface area contributed by atoms with E-state index >= 15 is 0 Å². The average molecular weight is 258 g/mol. The summed E-state index contributed by atoms with van der Waals surface area (Å²) in [7, 11) is 0. The zero-order valence-corrected chi connectivity index (χ0v) is 9.50. The van der Waals surface area contributed by atoms with E-state index in [1.807, 2.05) is 6.07 Å². The zero-order valence-electron chi connectivity index (χ0n) is 9.50. The molecule has 0 aliphatic heterocycles. The fraction of sp³-hybridized carbons (Fsp3) is 0. The van der Waals surface area contributed by atoms with E-state index in [9.17, 15) is 9.18 Å². The van der Waals surface area contributed by atoms with Gasteiger partial charge in [0, 0.05) is 18.3 Å². The fourth-order valence-corrected chi connectivity index (χ4v) is 1.42. The molecule has 1 N–H and O–H groups in total. The van der Waals surface area contributed by atoms with Crippen LogP contribution in [-0.2, 0) is 0 Å².